The van der Waals surface area contributed by atoms with Crippen LogP contribution in [0.1, 0.15) is 31.2 Å². The molecule has 1 fully saturated rings. The number of para-hydroxylation sites is 1. The van der Waals surface area contributed by atoms with Crippen molar-refractivity contribution in [3.63, 3.8) is 0 Å². The zero-order valence-electron chi connectivity index (χ0n) is 15.0. The molecule has 7 heteroatoms. The lowest BCUT2D eigenvalue weighted by Crippen LogP contribution is -2.49. The zero-order valence-corrected chi connectivity index (χ0v) is 15.0. The first kappa shape index (κ1) is 16.8. The second-order valence-corrected chi connectivity index (χ2v) is 7.11. The molecule has 0 aliphatic carbocycles. The molecule has 2 aromatic rings. The molecule has 0 saturated carbocycles. The Balaban J connectivity index is 1.38. The summed E-state index contributed by atoms with van der Waals surface area (Å²) in [4.78, 5) is 33.0. The lowest BCUT2D eigenvalue weighted by Gasteiger charge is -2.38. The molecule has 2 aliphatic rings. The summed E-state index contributed by atoms with van der Waals surface area (Å²) in [6.45, 7) is 1.96. The maximum atomic E-state index is 12.9. The largest absolute Gasteiger partial charge is 0.343 e. The molecule has 1 aromatic heterocycles. The van der Waals surface area contributed by atoms with Crippen molar-refractivity contribution in [2.24, 2.45) is 0 Å². The van der Waals surface area contributed by atoms with Gasteiger partial charge in [-0.25, -0.2) is 4.98 Å². The van der Waals surface area contributed by atoms with E-state index in [0.717, 1.165) is 17.7 Å². The van der Waals surface area contributed by atoms with Crippen LogP contribution >= 0.6 is 0 Å². The predicted octanol–water partition coefficient (Wildman–Crippen LogP) is 1.60. The summed E-state index contributed by atoms with van der Waals surface area (Å²) in [5.74, 6) is 0.323. The van der Waals surface area contributed by atoms with Gasteiger partial charge in [-0.15, -0.1) is 0 Å². The molecule has 1 spiro atoms. The van der Waals surface area contributed by atoms with Gasteiger partial charge in [0, 0.05) is 38.8 Å². The van der Waals surface area contributed by atoms with E-state index in [1.165, 1.54) is 6.33 Å². The Morgan fingerprint density at radius 3 is 2.73 bits per heavy atom. The van der Waals surface area contributed by atoms with Crippen molar-refractivity contribution in [2.45, 2.75) is 37.6 Å². The topological polar surface area (TPSA) is 71.3 Å². The maximum absolute atomic E-state index is 12.9. The molecule has 0 unspecified atom stereocenters. The first-order chi connectivity index (χ1) is 12.6. The summed E-state index contributed by atoms with van der Waals surface area (Å²) in [6.07, 6.45) is 5.80. The van der Waals surface area contributed by atoms with Gasteiger partial charge in [-0.05, 0) is 30.9 Å². The Kier molecular flexibility index (Phi) is 4.22. The monoisotopic (exact) mass is 353 g/mol. The van der Waals surface area contributed by atoms with Gasteiger partial charge < -0.3 is 9.80 Å². The number of amides is 2. The van der Waals surface area contributed by atoms with E-state index in [4.69, 9.17) is 0 Å². The van der Waals surface area contributed by atoms with Gasteiger partial charge in [0.25, 0.3) is 0 Å². The van der Waals surface area contributed by atoms with Crippen LogP contribution in [0.25, 0.3) is 0 Å². The summed E-state index contributed by atoms with van der Waals surface area (Å²) in [5, 5.41) is 4.05. The summed E-state index contributed by atoms with van der Waals surface area (Å²) in [5.41, 5.74) is 1.67. The van der Waals surface area contributed by atoms with E-state index >= 15 is 0 Å². The minimum Gasteiger partial charge on any atom is -0.343 e. The molecule has 1 saturated heterocycles. The molecule has 2 aliphatic heterocycles. The van der Waals surface area contributed by atoms with Crippen molar-refractivity contribution in [1.29, 1.82) is 0 Å². The molecule has 2 amide bonds. The fraction of sp³-hybridized carbons (Fsp3) is 0.474. The normalized spacial score (nSPS) is 18.4. The van der Waals surface area contributed by atoms with Gasteiger partial charge in [-0.3, -0.25) is 14.3 Å². The van der Waals surface area contributed by atoms with Crippen molar-refractivity contribution in [3.8, 4) is 0 Å². The summed E-state index contributed by atoms with van der Waals surface area (Å²) >= 11 is 0. The lowest BCUT2D eigenvalue weighted by atomic mass is 9.73. The number of hydrogen-bond acceptors (Lipinski definition) is 4. The van der Waals surface area contributed by atoms with Gasteiger partial charge >= 0.3 is 0 Å². The number of nitrogens with zero attached hydrogens (tertiary/aromatic N) is 5. The number of benzene rings is 1. The highest BCUT2D eigenvalue weighted by Gasteiger charge is 2.51. The Labute approximate surface area is 152 Å². The molecule has 3 heterocycles. The van der Waals surface area contributed by atoms with E-state index in [1.54, 1.807) is 15.9 Å². The number of aryl methyl sites for hydroxylation is 1. The van der Waals surface area contributed by atoms with Gasteiger partial charge in [0.05, 0.1) is 5.41 Å². The molecule has 1 aromatic carbocycles. The van der Waals surface area contributed by atoms with Gasteiger partial charge in [0.2, 0.25) is 11.8 Å². The second kappa shape index (κ2) is 6.55. The number of aromatic nitrogens is 3. The van der Waals surface area contributed by atoms with Gasteiger partial charge in [-0.1, -0.05) is 18.2 Å². The summed E-state index contributed by atoms with van der Waals surface area (Å²) in [7, 11) is 1.84. The highest BCUT2D eigenvalue weighted by molar-refractivity contribution is 6.07. The predicted molar refractivity (Wildman–Crippen MR) is 96.6 cm³/mol. The van der Waals surface area contributed by atoms with Crippen molar-refractivity contribution < 1.29 is 9.59 Å². The highest BCUT2D eigenvalue weighted by atomic mass is 16.2. The number of likely N-dealkylation sites (N-methyl/N-ethyl adjacent to an activating group) is 1. The Hall–Kier alpha value is -2.70. The minimum absolute atomic E-state index is 0.159. The van der Waals surface area contributed by atoms with Gasteiger partial charge in [0.15, 0.2) is 0 Å². The van der Waals surface area contributed by atoms with E-state index in [9.17, 15) is 9.59 Å². The quantitative estimate of drug-likeness (QED) is 0.837. The van der Waals surface area contributed by atoms with E-state index in [-0.39, 0.29) is 11.8 Å². The third kappa shape index (κ3) is 2.67. The molecule has 4 rings (SSSR count). The molecule has 136 valence electrons. The number of likely N-dealkylation sites (tertiary alicyclic amines) is 1. The second-order valence-electron chi connectivity index (χ2n) is 7.11. The number of fused-ring (bicyclic) bond motifs is 2. The SMILES string of the molecule is CN1C(=O)C2(CCN(C(=O)CCCn3cncn3)CC2)c2ccccc21. The maximum Gasteiger partial charge on any atom is 0.237 e. The summed E-state index contributed by atoms with van der Waals surface area (Å²) < 4.78 is 1.74. The molecular weight excluding hydrogens is 330 g/mol. The number of piperidine rings is 1. The van der Waals surface area contributed by atoms with E-state index in [0.29, 0.717) is 38.9 Å². The third-order valence-electron chi connectivity index (χ3n) is 5.71. The first-order valence-electron chi connectivity index (χ1n) is 9.10. The average molecular weight is 353 g/mol. The van der Waals surface area contributed by atoms with Crippen LogP contribution in [0.5, 0.6) is 0 Å². The van der Waals surface area contributed by atoms with Crippen molar-refractivity contribution in [1.82, 2.24) is 19.7 Å². The van der Waals surface area contributed by atoms with Crippen LogP contribution in [-0.2, 0) is 21.5 Å². The minimum atomic E-state index is -0.456. The fourth-order valence-electron chi connectivity index (χ4n) is 4.24. The summed E-state index contributed by atoms with van der Waals surface area (Å²) in [6, 6.07) is 8.03. The van der Waals surface area contributed by atoms with Crippen molar-refractivity contribution in [2.75, 3.05) is 25.0 Å². The molecular formula is C19H23N5O2. The lowest BCUT2D eigenvalue weighted by molar-refractivity contribution is -0.135. The molecule has 7 nitrogen and oxygen atoms in total. The Morgan fingerprint density at radius 2 is 2.00 bits per heavy atom. The number of carbonyl (C=O) groups is 2. The van der Waals surface area contributed by atoms with Crippen LogP contribution in [0.3, 0.4) is 0 Å². The van der Waals surface area contributed by atoms with Crippen LogP contribution in [0.4, 0.5) is 5.69 Å². The van der Waals surface area contributed by atoms with Crippen molar-refractivity contribution in [3.05, 3.63) is 42.5 Å². The number of rotatable bonds is 4. The fourth-order valence-corrected chi connectivity index (χ4v) is 4.24. The van der Waals surface area contributed by atoms with Crippen LogP contribution in [0.2, 0.25) is 0 Å². The van der Waals surface area contributed by atoms with Crippen LogP contribution in [-0.4, -0.2) is 51.6 Å². The number of hydrogen-bond donors (Lipinski definition) is 0. The third-order valence-corrected chi connectivity index (χ3v) is 5.71. The van der Waals surface area contributed by atoms with E-state index in [2.05, 4.69) is 16.1 Å². The van der Waals surface area contributed by atoms with Crippen LogP contribution in [0.15, 0.2) is 36.9 Å². The number of carbonyl (C=O) groups excluding carboxylic acids is 2. The number of anilines is 1. The molecule has 0 radical (unpaired) electrons. The van der Waals surface area contributed by atoms with Crippen LogP contribution < -0.4 is 4.90 Å². The molecule has 0 bridgehead atoms. The Bertz CT molecular complexity index is 809. The molecule has 26 heavy (non-hydrogen) atoms. The zero-order chi connectivity index (χ0) is 18.1. The molecule has 0 atom stereocenters. The molecule has 0 N–H and O–H groups in total. The first-order valence-corrected chi connectivity index (χ1v) is 9.10. The van der Waals surface area contributed by atoms with E-state index < -0.39 is 5.41 Å². The standard InChI is InChI=1S/C19H23N5O2/c1-22-16-6-3-2-5-15(16)19(18(22)26)8-11-23(12-9-19)17(25)7-4-10-24-14-20-13-21-24/h2-3,5-6,13-14H,4,7-12H2,1H3. The van der Waals surface area contributed by atoms with E-state index in [1.807, 2.05) is 30.1 Å². The van der Waals surface area contributed by atoms with Gasteiger partial charge in [-0.2, -0.15) is 5.10 Å². The Morgan fingerprint density at radius 1 is 1.23 bits per heavy atom. The van der Waals surface area contributed by atoms with Crippen molar-refractivity contribution >= 4 is 17.5 Å². The smallest absolute Gasteiger partial charge is 0.237 e. The van der Waals surface area contributed by atoms with Crippen LogP contribution in [0, 0.1) is 0 Å². The van der Waals surface area contributed by atoms with Gasteiger partial charge in [0.1, 0.15) is 12.7 Å². The average Bonchev–Trinajstić information content (AvgIpc) is 3.26. The highest BCUT2D eigenvalue weighted by Crippen LogP contribution is 2.47.